The quantitative estimate of drug-likeness (QED) is 0.0562. The summed E-state index contributed by atoms with van der Waals surface area (Å²) in [6, 6.07) is 9.62. The molecule has 0 unspecified atom stereocenters. The Bertz CT molecular complexity index is 3090. The molecule has 3 aromatic rings. The van der Waals surface area contributed by atoms with Crippen molar-refractivity contribution >= 4 is 58.7 Å². The molecule has 93 heavy (non-hydrogen) atoms. The largest absolute Gasteiger partial charge is 0.370 e. The van der Waals surface area contributed by atoms with Crippen LogP contribution < -0.4 is 52.3 Å². The molecular weight excluding hydrogens is 1190 g/mol. The molecule has 8 N–H and O–H groups in total. The molecule has 6 heterocycles. The van der Waals surface area contributed by atoms with E-state index < -0.39 is 41.3 Å². The van der Waals surface area contributed by atoms with E-state index in [1.165, 1.54) is 24.0 Å². The van der Waals surface area contributed by atoms with Gasteiger partial charge in [0, 0.05) is 122 Å². The summed E-state index contributed by atoms with van der Waals surface area (Å²) in [5.74, 6) is -1.42. The summed E-state index contributed by atoms with van der Waals surface area (Å²) in [6.07, 6.45) is 12.7. The molecule has 25 heteroatoms. The molecule has 0 bridgehead atoms. The molecule has 7 aliphatic rings. The van der Waals surface area contributed by atoms with Gasteiger partial charge in [-0.2, -0.15) is 0 Å². The second-order valence-electron chi connectivity index (χ2n) is 27.9. The van der Waals surface area contributed by atoms with Crippen LogP contribution in [0.15, 0.2) is 48.8 Å². The van der Waals surface area contributed by atoms with Crippen LogP contribution in [0.25, 0.3) is 0 Å². The molecule has 508 valence electrons. The average molecular weight is 1290 g/mol. The molecule has 10 rings (SSSR count). The van der Waals surface area contributed by atoms with Gasteiger partial charge in [-0.15, -0.1) is 0 Å². The van der Waals surface area contributed by atoms with E-state index in [0.29, 0.717) is 96.1 Å². The topological polar surface area (TPSA) is 261 Å². The lowest BCUT2D eigenvalue weighted by Crippen LogP contribution is -2.66. The van der Waals surface area contributed by atoms with Gasteiger partial charge >= 0.3 is 0 Å². The number of halogens is 2. The normalized spacial score (nSPS) is 22.7. The van der Waals surface area contributed by atoms with Crippen molar-refractivity contribution in [2.45, 2.75) is 166 Å². The lowest BCUT2D eigenvalue weighted by molar-refractivity contribution is -0.143. The van der Waals surface area contributed by atoms with E-state index in [4.69, 9.17) is 0 Å². The van der Waals surface area contributed by atoms with Crippen LogP contribution >= 0.6 is 0 Å². The van der Waals surface area contributed by atoms with Crippen LogP contribution in [0.3, 0.4) is 0 Å². The number of piperazine rings is 2. The molecule has 23 nitrogen and oxygen atoms in total. The van der Waals surface area contributed by atoms with Crippen LogP contribution in [0.1, 0.15) is 140 Å². The first-order valence-corrected chi connectivity index (χ1v) is 34.3. The van der Waals surface area contributed by atoms with Crippen LogP contribution in [-0.4, -0.2) is 212 Å². The maximum Gasteiger partial charge on any atom is 0.246 e. The van der Waals surface area contributed by atoms with Crippen molar-refractivity contribution in [3.8, 4) is 0 Å². The van der Waals surface area contributed by atoms with Crippen molar-refractivity contribution in [2.24, 2.45) is 11.3 Å². The molecule has 5 aliphatic heterocycles. The van der Waals surface area contributed by atoms with Crippen molar-refractivity contribution in [3.05, 3.63) is 77.1 Å². The number of nitrogens with one attached hydrogen (secondary N) is 8. The fraction of sp³-hybridized carbons (Fsp3) is 0.662. The Morgan fingerprint density at radius 1 is 0.753 bits per heavy atom. The highest BCUT2D eigenvalue weighted by Crippen LogP contribution is 2.36. The van der Waals surface area contributed by atoms with E-state index in [-0.39, 0.29) is 103 Å². The Kier molecular flexibility index (Phi) is 23.6. The Morgan fingerprint density at radius 3 is 2.25 bits per heavy atom. The van der Waals surface area contributed by atoms with Gasteiger partial charge < -0.3 is 57.2 Å². The summed E-state index contributed by atoms with van der Waals surface area (Å²) >= 11 is 0. The van der Waals surface area contributed by atoms with Crippen LogP contribution in [0, 0.1) is 23.0 Å². The molecule has 5 saturated heterocycles. The number of likely N-dealkylation sites (N-methyl/N-ethyl adjacent to an activating group) is 1. The number of amides is 7. The maximum atomic E-state index is 15.8. The van der Waals surface area contributed by atoms with Crippen molar-refractivity contribution in [3.63, 3.8) is 0 Å². The minimum atomic E-state index is -0.864. The molecule has 7 amide bonds. The van der Waals surface area contributed by atoms with Gasteiger partial charge in [-0.3, -0.25) is 48.3 Å². The van der Waals surface area contributed by atoms with E-state index in [9.17, 15) is 33.6 Å². The third-order valence-corrected chi connectivity index (χ3v) is 20.6. The molecule has 1 aromatic heterocycles. The zero-order chi connectivity index (χ0) is 65.7. The molecule has 2 aliphatic carbocycles. The van der Waals surface area contributed by atoms with Gasteiger partial charge in [-0.1, -0.05) is 57.4 Å². The highest BCUT2D eigenvalue weighted by atomic mass is 19.1. The minimum Gasteiger partial charge on any atom is -0.370 e. The minimum absolute atomic E-state index is 0.0250. The number of aryl methyl sites for hydroxylation is 1. The lowest BCUT2D eigenvalue weighted by atomic mass is 9.82. The van der Waals surface area contributed by atoms with E-state index >= 15 is 8.78 Å². The van der Waals surface area contributed by atoms with Gasteiger partial charge in [0.25, 0.3) is 0 Å². The Labute approximate surface area is 546 Å². The number of carbonyl (C=O) groups is 7. The molecular formula is C68H100F2N16O7. The first-order chi connectivity index (χ1) is 44.8. The number of aromatic nitrogens is 2. The zero-order valence-electron chi connectivity index (χ0n) is 55.1. The highest BCUT2D eigenvalue weighted by molar-refractivity contribution is 5.94. The van der Waals surface area contributed by atoms with E-state index in [0.717, 1.165) is 102 Å². The van der Waals surface area contributed by atoms with Crippen LogP contribution in [0.2, 0.25) is 0 Å². The van der Waals surface area contributed by atoms with Crippen molar-refractivity contribution in [1.82, 2.24) is 66.8 Å². The van der Waals surface area contributed by atoms with E-state index in [2.05, 4.69) is 92.0 Å². The van der Waals surface area contributed by atoms with Gasteiger partial charge in [-0.05, 0) is 126 Å². The molecule has 6 fully saturated rings. The first kappa shape index (κ1) is 68.8. The van der Waals surface area contributed by atoms with Crippen molar-refractivity contribution < 1.29 is 42.3 Å². The number of nitrogens with zero attached hydrogens (tertiary/aromatic N) is 8. The number of fused-ring (bicyclic) bond motifs is 1. The highest BCUT2D eigenvalue weighted by Gasteiger charge is 2.46. The van der Waals surface area contributed by atoms with Gasteiger partial charge in [0.2, 0.25) is 41.4 Å². The van der Waals surface area contributed by atoms with Crippen molar-refractivity contribution in [2.75, 3.05) is 127 Å². The van der Waals surface area contributed by atoms with Gasteiger partial charge in [-0.25, -0.2) is 18.7 Å². The smallest absolute Gasteiger partial charge is 0.246 e. The second kappa shape index (κ2) is 31.9. The molecule has 5 atom stereocenters. The Balaban J connectivity index is 0.597. The van der Waals surface area contributed by atoms with E-state index in [1.54, 1.807) is 23.8 Å². The number of carbonyl (C=O) groups excluding carboxylic acids is 7. The van der Waals surface area contributed by atoms with Crippen LogP contribution in [-0.2, 0) is 46.5 Å². The number of hydrogen-bond donors (Lipinski definition) is 8. The monoisotopic (exact) mass is 1290 g/mol. The number of piperidine rings is 2. The average Bonchev–Trinajstić information content (AvgIpc) is 1.84. The Morgan fingerprint density at radius 2 is 1.48 bits per heavy atom. The predicted molar refractivity (Wildman–Crippen MR) is 352 cm³/mol. The SMILES string of the molecule is CN[C@@H](C)C(=O)N[C@H](C(=O)N1C[C@@H](NC(=O)CCC(=O)NCCN2CCN(CC(=O)NCCCNc3cc(N4CCC5(CC4)CN(c4cc(F)c(CN6CCC(C)(C)CC6)cc4F)CC(=O)N5)ncn3)CC2)C[C@H]1C(=O)N[C@H]1CCCc2ccccc21)C1CCCCC1. The molecule has 0 radical (unpaired) electrons. The fourth-order valence-electron chi connectivity index (χ4n) is 14.7. The number of benzene rings is 2. The predicted octanol–water partition coefficient (Wildman–Crippen LogP) is 3.74. The summed E-state index contributed by atoms with van der Waals surface area (Å²) in [7, 11) is 1.69. The van der Waals surface area contributed by atoms with Gasteiger partial charge in [0.05, 0.1) is 36.4 Å². The molecule has 1 spiro atoms. The second-order valence-corrected chi connectivity index (χ2v) is 27.9. The Hall–Kier alpha value is -7.09. The maximum absolute atomic E-state index is 15.8. The number of anilines is 3. The number of likely N-dealkylation sites (tertiary alicyclic amines) is 2. The van der Waals surface area contributed by atoms with E-state index in [1.807, 2.05) is 24.3 Å². The van der Waals surface area contributed by atoms with Crippen molar-refractivity contribution in [1.29, 1.82) is 0 Å². The summed E-state index contributed by atoms with van der Waals surface area (Å²) in [6.45, 7) is 15.1. The summed E-state index contributed by atoms with van der Waals surface area (Å²) in [5.41, 5.74) is 2.38. The summed E-state index contributed by atoms with van der Waals surface area (Å²) in [5, 5.41) is 24.8. The molecule has 1 saturated carbocycles. The summed E-state index contributed by atoms with van der Waals surface area (Å²) in [4.78, 5) is 116. The van der Waals surface area contributed by atoms with Gasteiger partial charge in [0.1, 0.15) is 41.7 Å². The zero-order valence-corrected chi connectivity index (χ0v) is 55.1. The van der Waals surface area contributed by atoms with Gasteiger partial charge in [0.15, 0.2) is 0 Å². The van der Waals surface area contributed by atoms with Crippen LogP contribution in [0.4, 0.5) is 26.1 Å². The summed E-state index contributed by atoms with van der Waals surface area (Å²) < 4.78 is 31.3. The number of rotatable bonds is 25. The third kappa shape index (κ3) is 18.6. The standard InChI is InChI=1S/C68H100F2N16O7/c1-46(71-4)64(91)79-63(48-13-6-5-7-14-48)66(93)86-41-50(37-56(86)65(92)78-54-17-10-15-47-12-8-9-16-51(47)54)77-60(88)19-18-59(87)74-26-31-81-32-34-83(35-33-81)42-61(89)73-25-11-24-72-57-39-58(76-45-75-57)84-29-22-68(23-30-84)44-85(43-62(90)80-68)55-38-52(69)49(36-53(55)70)40-82-27-20-67(2,3)21-28-82/h8-9,12,16,36,38-39,45-46,48,50,54,56,63,71H,5-7,10-11,13-15,17-35,37,40-44H2,1-4H3,(H,73,89)(H,74,87)(H,77,88)(H,78,92)(H,79,91)(H,80,90)(H,72,75,76)/t46-,50-,54-,56-,63-/m0/s1. The lowest BCUT2D eigenvalue weighted by Gasteiger charge is -2.48. The third-order valence-electron chi connectivity index (χ3n) is 20.6. The number of hydrogen-bond acceptors (Lipinski definition) is 16. The first-order valence-electron chi connectivity index (χ1n) is 34.3. The van der Waals surface area contributed by atoms with Crippen LogP contribution in [0.5, 0.6) is 0 Å². The fourth-order valence-corrected chi connectivity index (χ4v) is 14.7. The molecule has 2 aromatic carbocycles.